The van der Waals surface area contributed by atoms with Crippen LogP contribution < -0.4 is 0 Å². The van der Waals surface area contributed by atoms with Crippen LogP contribution in [0.25, 0.3) is 0 Å². The molecular weight excluding hydrogens is 465 g/mol. The molecule has 4 nitrogen and oxygen atoms in total. The number of carbonyl (C=O) groups excluding carboxylic acids is 2. The molecule has 0 aromatic rings. The fourth-order valence-corrected chi connectivity index (χ4v) is 8.94. The zero-order valence-corrected chi connectivity index (χ0v) is 19.3. The van der Waals surface area contributed by atoms with Gasteiger partial charge in [0.25, 0.3) is 0 Å². The van der Waals surface area contributed by atoms with E-state index in [1.54, 1.807) is 0 Å². The second kappa shape index (κ2) is 7.19. The maximum atomic E-state index is 13.7. The third-order valence-electron chi connectivity index (χ3n) is 9.06. The zero-order chi connectivity index (χ0) is 22.1. The Morgan fingerprint density at radius 1 is 1.13 bits per heavy atom. The van der Waals surface area contributed by atoms with Gasteiger partial charge in [0, 0.05) is 35.4 Å². The molecule has 0 bridgehead atoms. The lowest BCUT2D eigenvalue weighted by Gasteiger charge is -2.66. The van der Waals surface area contributed by atoms with Gasteiger partial charge in [-0.15, -0.1) is 13.2 Å². The van der Waals surface area contributed by atoms with Gasteiger partial charge in [0.05, 0.1) is 5.60 Å². The SMILES string of the molecule is CC(=O)O[C@H]1CC[C@]2(C)[C@H]3CC[C@]4(C)C(=O)CC[C@H]4[C@@H]3C[C@@H](Br)[C@@]2(OC(F)(F)F)C1. The molecule has 0 aliphatic heterocycles. The first-order valence-corrected chi connectivity index (χ1v) is 11.9. The Labute approximate surface area is 183 Å². The Bertz CT molecular complexity index is 742. The molecule has 0 saturated heterocycles. The van der Waals surface area contributed by atoms with Crippen molar-refractivity contribution in [3.05, 3.63) is 0 Å². The van der Waals surface area contributed by atoms with Crippen LogP contribution in [0.2, 0.25) is 0 Å². The number of ketones is 1. The van der Waals surface area contributed by atoms with Gasteiger partial charge in [-0.05, 0) is 56.3 Å². The molecule has 0 aromatic heterocycles. The number of rotatable bonds is 2. The summed E-state index contributed by atoms with van der Waals surface area (Å²) in [7, 11) is 0. The molecule has 4 aliphatic carbocycles. The topological polar surface area (TPSA) is 52.6 Å². The number of carbonyl (C=O) groups is 2. The molecule has 4 saturated carbocycles. The monoisotopic (exact) mass is 494 g/mol. The van der Waals surface area contributed by atoms with Gasteiger partial charge in [-0.25, -0.2) is 0 Å². The minimum absolute atomic E-state index is 0.0303. The summed E-state index contributed by atoms with van der Waals surface area (Å²) in [5.74, 6) is 0.291. The Balaban J connectivity index is 1.73. The highest BCUT2D eigenvalue weighted by molar-refractivity contribution is 9.09. The lowest BCUT2D eigenvalue weighted by molar-refractivity contribution is -0.403. The van der Waals surface area contributed by atoms with Crippen molar-refractivity contribution in [3.63, 3.8) is 0 Å². The van der Waals surface area contributed by atoms with E-state index in [4.69, 9.17) is 9.47 Å². The number of hydrogen-bond donors (Lipinski definition) is 0. The van der Waals surface area contributed by atoms with Gasteiger partial charge in [0.15, 0.2) is 0 Å². The fraction of sp³-hybridized carbons (Fsp3) is 0.909. The maximum Gasteiger partial charge on any atom is 0.523 e. The van der Waals surface area contributed by atoms with Crippen LogP contribution >= 0.6 is 15.9 Å². The molecule has 8 atom stereocenters. The molecule has 0 heterocycles. The van der Waals surface area contributed by atoms with E-state index >= 15 is 0 Å². The summed E-state index contributed by atoms with van der Waals surface area (Å²) in [6.07, 6.45) is -0.899. The van der Waals surface area contributed by atoms with Crippen molar-refractivity contribution >= 4 is 27.7 Å². The molecule has 170 valence electrons. The first-order valence-electron chi connectivity index (χ1n) is 10.9. The minimum atomic E-state index is -4.79. The number of halogens is 4. The Morgan fingerprint density at radius 2 is 1.83 bits per heavy atom. The molecule has 8 heteroatoms. The summed E-state index contributed by atoms with van der Waals surface area (Å²) >= 11 is 3.61. The van der Waals surface area contributed by atoms with E-state index in [1.807, 2.05) is 6.92 Å². The zero-order valence-electron chi connectivity index (χ0n) is 17.7. The number of esters is 1. The third-order valence-corrected chi connectivity index (χ3v) is 10.2. The molecule has 0 N–H and O–H groups in total. The van der Waals surface area contributed by atoms with Gasteiger partial charge >= 0.3 is 12.3 Å². The molecule has 30 heavy (non-hydrogen) atoms. The highest BCUT2D eigenvalue weighted by Gasteiger charge is 2.70. The average molecular weight is 495 g/mol. The maximum absolute atomic E-state index is 13.7. The summed E-state index contributed by atoms with van der Waals surface area (Å²) in [6, 6.07) is 0. The number of hydrogen-bond acceptors (Lipinski definition) is 4. The first-order chi connectivity index (χ1) is 13.8. The predicted octanol–water partition coefficient (Wildman–Crippen LogP) is 5.56. The van der Waals surface area contributed by atoms with Gasteiger partial charge in [-0.3, -0.25) is 14.3 Å². The molecule has 0 unspecified atom stereocenters. The van der Waals surface area contributed by atoms with Crippen LogP contribution in [-0.2, 0) is 19.1 Å². The van der Waals surface area contributed by atoms with Crippen LogP contribution in [-0.4, -0.2) is 34.6 Å². The van der Waals surface area contributed by atoms with Crippen LogP contribution in [0.1, 0.15) is 72.1 Å². The molecule has 4 fully saturated rings. The highest BCUT2D eigenvalue weighted by atomic mass is 79.9. The lowest BCUT2D eigenvalue weighted by atomic mass is 9.43. The number of alkyl halides is 4. The van der Waals surface area contributed by atoms with E-state index in [1.165, 1.54) is 6.92 Å². The van der Waals surface area contributed by atoms with Crippen LogP contribution in [0.3, 0.4) is 0 Å². The fourth-order valence-electron chi connectivity index (χ4n) is 7.70. The summed E-state index contributed by atoms with van der Waals surface area (Å²) in [4.78, 5) is 23.6. The van der Waals surface area contributed by atoms with Crippen molar-refractivity contribution in [1.82, 2.24) is 0 Å². The third kappa shape index (κ3) is 3.26. The van der Waals surface area contributed by atoms with Gasteiger partial charge in [0.1, 0.15) is 11.9 Å². The van der Waals surface area contributed by atoms with Crippen LogP contribution in [0.4, 0.5) is 13.2 Å². The number of Topliss-reactive ketones (excluding diaryl/α,β-unsaturated/α-hetero) is 1. The normalized spacial score (nSPS) is 48.5. The first kappa shape index (κ1) is 22.6. The quantitative estimate of drug-likeness (QED) is 0.372. The van der Waals surface area contributed by atoms with Gasteiger partial charge in [-0.1, -0.05) is 29.8 Å². The summed E-state index contributed by atoms with van der Waals surface area (Å²) < 4.78 is 51.4. The molecule has 0 aromatic carbocycles. The van der Waals surface area contributed by atoms with Crippen molar-refractivity contribution in [2.45, 2.75) is 95.0 Å². The molecule has 0 radical (unpaired) electrons. The van der Waals surface area contributed by atoms with Crippen molar-refractivity contribution in [2.24, 2.45) is 28.6 Å². The second-order valence-electron chi connectivity index (χ2n) is 10.3. The van der Waals surface area contributed by atoms with Crippen molar-refractivity contribution in [1.29, 1.82) is 0 Å². The van der Waals surface area contributed by atoms with E-state index in [0.29, 0.717) is 31.5 Å². The molecule has 0 amide bonds. The van der Waals surface area contributed by atoms with Gasteiger partial charge < -0.3 is 4.74 Å². The Morgan fingerprint density at radius 3 is 2.47 bits per heavy atom. The van der Waals surface area contributed by atoms with E-state index in [2.05, 4.69) is 22.9 Å². The van der Waals surface area contributed by atoms with Crippen LogP contribution in [0, 0.1) is 28.6 Å². The summed E-state index contributed by atoms with van der Waals surface area (Å²) in [6.45, 7) is 5.28. The minimum Gasteiger partial charge on any atom is -0.462 e. The van der Waals surface area contributed by atoms with Crippen molar-refractivity contribution < 1.29 is 32.2 Å². The molecule has 4 rings (SSSR count). The number of ether oxygens (including phenoxy) is 2. The average Bonchev–Trinajstić information content (AvgIpc) is 2.91. The summed E-state index contributed by atoms with van der Waals surface area (Å²) in [5.41, 5.74) is -2.56. The summed E-state index contributed by atoms with van der Waals surface area (Å²) in [5, 5.41) is 0. The van der Waals surface area contributed by atoms with Crippen molar-refractivity contribution in [3.8, 4) is 0 Å². The number of fused-ring (bicyclic) bond motifs is 5. The highest BCUT2D eigenvalue weighted by Crippen LogP contribution is 2.69. The smallest absolute Gasteiger partial charge is 0.462 e. The standard InChI is InChI=1S/C22H30BrF3O4/c1-12(27)29-13-6-9-20(3)16-7-8-19(2)15(4-5-18(19)28)14(16)10-17(23)21(20,11-13)30-22(24,25)26/h13-17H,4-11H2,1-3H3/t13-,14-,15-,16-,17+,19-,20+,21-/m0/s1. The largest absolute Gasteiger partial charge is 0.523 e. The van der Waals surface area contributed by atoms with E-state index in [-0.39, 0.29) is 29.6 Å². The van der Waals surface area contributed by atoms with Crippen molar-refractivity contribution in [2.75, 3.05) is 0 Å². The molecule has 0 spiro atoms. The van der Waals surface area contributed by atoms with Crippen LogP contribution in [0.15, 0.2) is 0 Å². The van der Waals surface area contributed by atoms with E-state index in [0.717, 1.165) is 19.3 Å². The Hall–Kier alpha value is -0.630. The lowest BCUT2D eigenvalue weighted by Crippen LogP contribution is -2.69. The van der Waals surface area contributed by atoms with E-state index in [9.17, 15) is 22.8 Å². The molecular formula is C22H30BrF3O4. The van der Waals surface area contributed by atoms with Gasteiger partial charge in [0.2, 0.25) is 0 Å². The predicted molar refractivity (Wildman–Crippen MR) is 107 cm³/mol. The van der Waals surface area contributed by atoms with Gasteiger partial charge in [-0.2, -0.15) is 0 Å². The molecule has 4 aliphatic rings. The van der Waals surface area contributed by atoms with E-state index < -0.39 is 34.3 Å². The van der Waals surface area contributed by atoms with Crippen LogP contribution in [0.5, 0.6) is 0 Å². The Kier molecular flexibility index (Phi) is 5.41. The second-order valence-corrected chi connectivity index (χ2v) is 11.4.